The summed E-state index contributed by atoms with van der Waals surface area (Å²) in [5.41, 5.74) is 3.55. The molecule has 2 aromatic carbocycles. The summed E-state index contributed by atoms with van der Waals surface area (Å²) in [6.07, 6.45) is 1.12. The van der Waals surface area contributed by atoms with E-state index in [0.717, 1.165) is 11.8 Å². The van der Waals surface area contributed by atoms with Crippen molar-refractivity contribution in [3.63, 3.8) is 0 Å². The van der Waals surface area contributed by atoms with Crippen LogP contribution >= 0.6 is 22.7 Å². The number of nitrogens with zero attached hydrogens (tertiary/aromatic N) is 5. The van der Waals surface area contributed by atoms with Gasteiger partial charge in [0.2, 0.25) is 10.0 Å². The molecule has 0 bridgehead atoms. The fourth-order valence-electron chi connectivity index (χ4n) is 4.38. The van der Waals surface area contributed by atoms with Crippen LogP contribution in [-0.2, 0) is 23.1 Å². The third kappa shape index (κ3) is 4.85. The molecule has 192 valence electrons. The second-order valence-corrected chi connectivity index (χ2v) is 12.4. The minimum atomic E-state index is -3.43. The Morgan fingerprint density at radius 2 is 1.79 bits per heavy atom. The molecular formula is C26H22N6O3S3. The minimum Gasteiger partial charge on any atom is -0.329 e. The van der Waals surface area contributed by atoms with Crippen molar-refractivity contribution < 1.29 is 13.2 Å². The Morgan fingerprint density at radius 1 is 0.974 bits per heavy atom. The van der Waals surface area contributed by atoms with Gasteiger partial charge in [0.05, 0.1) is 18.5 Å². The summed E-state index contributed by atoms with van der Waals surface area (Å²) in [7, 11) is -3.43. The molecule has 4 heterocycles. The number of thiazole rings is 1. The van der Waals surface area contributed by atoms with Crippen LogP contribution < -0.4 is 4.72 Å². The first kappa shape index (κ1) is 24.5. The zero-order chi connectivity index (χ0) is 26.3. The van der Waals surface area contributed by atoms with Gasteiger partial charge in [-0.15, -0.1) is 32.9 Å². The van der Waals surface area contributed by atoms with E-state index in [9.17, 15) is 13.2 Å². The molecule has 0 atom stereocenters. The number of sulfonamides is 1. The highest BCUT2D eigenvalue weighted by atomic mass is 32.2. The number of thiophene rings is 1. The van der Waals surface area contributed by atoms with Crippen molar-refractivity contribution >= 4 is 44.3 Å². The fourth-order valence-corrected chi connectivity index (χ4v) is 6.53. The molecular weight excluding hydrogens is 541 g/mol. The number of hydrogen-bond acceptors (Lipinski definition) is 8. The molecule has 9 nitrogen and oxygen atoms in total. The van der Waals surface area contributed by atoms with Gasteiger partial charge in [0, 0.05) is 34.5 Å². The van der Waals surface area contributed by atoms with Gasteiger partial charge in [-0.05, 0) is 41.3 Å². The van der Waals surface area contributed by atoms with Crippen molar-refractivity contribution in [2.24, 2.45) is 0 Å². The van der Waals surface area contributed by atoms with E-state index < -0.39 is 10.0 Å². The molecule has 5 aromatic rings. The van der Waals surface area contributed by atoms with Gasteiger partial charge in [-0.2, -0.15) is 0 Å². The Bertz CT molecular complexity index is 1720. The maximum Gasteiger partial charge on any atom is 0.254 e. The van der Waals surface area contributed by atoms with E-state index >= 15 is 0 Å². The number of fused-ring (bicyclic) bond motifs is 1. The van der Waals surface area contributed by atoms with E-state index in [1.54, 1.807) is 28.4 Å². The van der Waals surface area contributed by atoms with Gasteiger partial charge in [0.25, 0.3) is 5.91 Å². The molecule has 0 radical (unpaired) electrons. The van der Waals surface area contributed by atoms with Gasteiger partial charge in [-0.25, -0.2) is 13.4 Å². The molecule has 38 heavy (non-hydrogen) atoms. The molecule has 0 fully saturated rings. The number of carbonyl (C=O) groups is 1. The molecule has 3 aromatic heterocycles. The SMILES string of the molecule is CS(=O)(=O)Nc1ccccc1-c1nc(-c2nnc3n2CCN(C(=O)c2ccc(-c4cccs4)cc2)C3)cs1. The highest BCUT2D eigenvalue weighted by molar-refractivity contribution is 7.92. The molecule has 1 amide bonds. The molecule has 1 N–H and O–H groups in total. The number of amides is 1. The van der Waals surface area contributed by atoms with E-state index in [1.807, 2.05) is 57.8 Å². The molecule has 12 heteroatoms. The molecule has 6 rings (SSSR count). The second kappa shape index (κ2) is 9.78. The number of aromatic nitrogens is 4. The number of para-hydroxylation sites is 1. The van der Waals surface area contributed by atoms with E-state index in [0.29, 0.717) is 58.8 Å². The molecule has 1 aliphatic heterocycles. The smallest absolute Gasteiger partial charge is 0.254 e. The Kier molecular flexibility index (Phi) is 6.30. The lowest BCUT2D eigenvalue weighted by atomic mass is 10.1. The first-order valence-electron chi connectivity index (χ1n) is 11.7. The van der Waals surface area contributed by atoms with Crippen LogP contribution in [-0.4, -0.2) is 51.8 Å². The predicted molar refractivity (Wildman–Crippen MR) is 150 cm³/mol. The zero-order valence-electron chi connectivity index (χ0n) is 20.2. The lowest BCUT2D eigenvalue weighted by Gasteiger charge is -2.27. The van der Waals surface area contributed by atoms with E-state index in [2.05, 4.69) is 21.0 Å². The summed E-state index contributed by atoms with van der Waals surface area (Å²) in [6.45, 7) is 1.44. The third-order valence-corrected chi connectivity index (χ3v) is 8.55. The number of rotatable bonds is 6. The molecule has 0 saturated heterocycles. The summed E-state index contributed by atoms with van der Waals surface area (Å²) < 4.78 is 28.1. The van der Waals surface area contributed by atoms with Gasteiger partial charge in [0.15, 0.2) is 11.6 Å². The van der Waals surface area contributed by atoms with Gasteiger partial charge in [0.1, 0.15) is 10.7 Å². The average molecular weight is 563 g/mol. The van der Waals surface area contributed by atoms with Crippen LogP contribution in [0.15, 0.2) is 71.4 Å². The highest BCUT2D eigenvalue weighted by Gasteiger charge is 2.27. The average Bonchev–Trinajstić information content (AvgIpc) is 3.68. The van der Waals surface area contributed by atoms with Crippen molar-refractivity contribution in [2.45, 2.75) is 13.1 Å². The Balaban J connectivity index is 1.20. The van der Waals surface area contributed by atoms with Crippen LogP contribution in [0.2, 0.25) is 0 Å². The van der Waals surface area contributed by atoms with E-state index in [4.69, 9.17) is 4.98 Å². The van der Waals surface area contributed by atoms with Gasteiger partial charge in [-0.1, -0.05) is 30.3 Å². The summed E-state index contributed by atoms with van der Waals surface area (Å²) in [5.74, 6) is 1.29. The van der Waals surface area contributed by atoms with Crippen LogP contribution in [0, 0.1) is 0 Å². The van der Waals surface area contributed by atoms with Crippen molar-refractivity contribution in [1.29, 1.82) is 0 Å². The number of nitrogens with one attached hydrogen (secondary N) is 1. The largest absolute Gasteiger partial charge is 0.329 e. The van der Waals surface area contributed by atoms with Crippen molar-refractivity contribution in [3.8, 4) is 32.5 Å². The lowest BCUT2D eigenvalue weighted by Crippen LogP contribution is -2.38. The summed E-state index contributed by atoms with van der Waals surface area (Å²) in [4.78, 5) is 20.9. The third-order valence-electron chi connectivity index (χ3n) is 6.16. The maximum absolute atomic E-state index is 13.2. The summed E-state index contributed by atoms with van der Waals surface area (Å²) in [5, 5.41) is 13.3. The van der Waals surface area contributed by atoms with Gasteiger partial charge < -0.3 is 9.47 Å². The molecule has 0 unspecified atom stereocenters. The highest BCUT2D eigenvalue weighted by Crippen LogP contribution is 2.34. The number of anilines is 1. The standard InChI is InChI=1S/C26H22N6O3S3/c1-38(34,35)30-20-6-3-2-5-19(20)25-27-21(16-37-25)24-29-28-23-15-31(12-13-32(23)24)26(33)18-10-8-17(9-11-18)22-7-4-14-36-22/h2-11,14,16,30H,12-13,15H2,1H3. The molecule has 1 aliphatic rings. The number of hydrogen-bond donors (Lipinski definition) is 1. The summed E-state index contributed by atoms with van der Waals surface area (Å²) in [6, 6.07) is 18.9. The van der Waals surface area contributed by atoms with Crippen LogP contribution in [0.25, 0.3) is 32.5 Å². The zero-order valence-corrected chi connectivity index (χ0v) is 22.7. The van der Waals surface area contributed by atoms with Crippen molar-refractivity contribution in [3.05, 3.63) is 82.8 Å². The molecule has 0 aliphatic carbocycles. The van der Waals surface area contributed by atoms with E-state index in [-0.39, 0.29) is 5.91 Å². The van der Waals surface area contributed by atoms with Gasteiger partial charge >= 0.3 is 0 Å². The van der Waals surface area contributed by atoms with Crippen LogP contribution in [0.5, 0.6) is 0 Å². The first-order valence-corrected chi connectivity index (χ1v) is 15.4. The minimum absolute atomic E-state index is 0.0375. The van der Waals surface area contributed by atoms with Crippen LogP contribution in [0.1, 0.15) is 16.2 Å². The van der Waals surface area contributed by atoms with Crippen molar-refractivity contribution in [2.75, 3.05) is 17.5 Å². The lowest BCUT2D eigenvalue weighted by molar-refractivity contribution is 0.0708. The number of carbonyl (C=O) groups excluding carboxylic acids is 1. The van der Waals surface area contributed by atoms with Gasteiger partial charge in [-0.3, -0.25) is 9.52 Å². The molecule has 0 saturated carbocycles. The first-order chi connectivity index (χ1) is 18.4. The summed E-state index contributed by atoms with van der Waals surface area (Å²) >= 11 is 3.07. The quantitative estimate of drug-likeness (QED) is 0.318. The van der Waals surface area contributed by atoms with Crippen molar-refractivity contribution in [1.82, 2.24) is 24.6 Å². The number of benzene rings is 2. The predicted octanol–water partition coefficient (Wildman–Crippen LogP) is 4.82. The normalized spacial score (nSPS) is 13.3. The maximum atomic E-state index is 13.2. The Hall–Kier alpha value is -3.87. The Labute approximate surface area is 227 Å². The van der Waals surface area contributed by atoms with Crippen LogP contribution in [0.4, 0.5) is 5.69 Å². The second-order valence-electron chi connectivity index (χ2n) is 8.83. The fraction of sp³-hybridized carbons (Fsp3) is 0.154. The monoisotopic (exact) mass is 562 g/mol. The van der Waals surface area contributed by atoms with Crippen LogP contribution in [0.3, 0.4) is 0 Å². The molecule has 0 spiro atoms. The van der Waals surface area contributed by atoms with E-state index in [1.165, 1.54) is 16.2 Å². The topological polar surface area (TPSA) is 110 Å². The Morgan fingerprint density at radius 3 is 2.55 bits per heavy atom.